The van der Waals surface area contributed by atoms with E-state index in [4.69, 9.17) is 22.1 Å². The van der Waals surface area contributed by atoms with Crippen molar-refractivity contribution in [1.29, 1.82) is 0 Å². The summed E-state index contributed by atoms with van der Waals surface area (Å²) >= 11 is 5.85. The lowest BCUT2D eigenvalue weighted by molar-refractivity contribution is 0.0380. The van der Waals surface area contributed by atoms with Crippen LogP contribution in [0.25, 0.3) is 0 Å². The van der Waals surface area contributed by atoms with E-state index in [0.29, 0.717) is 11.4 Å². The number of ether oxygens (including phenoxy) is 1. The van der Waals surface area contributed by atoms with Crippen LogP contribution in [-0.4, -0.2) is 17.9 Å². The van der Waals surface area contributed by atoms with Gasteiger partial charge in [-0.25, -0.2) is 4.98 Å². The average Bonchev–Trinajstić information content (AvgIpc) is 2.36. The monoisotopic (exact) mass is 252 g/mol. The molecular formula is C11H13ClN4O. The van der Waals surface area contributed by atoms with Crippen molar-refractivity contribution < 1.29 is 4.74 Å². The standard InChI is InChI=1S/C11H13ClN4O/c1-17-11(5-2-3-6-15-11)16-8-4-7-14-10(12)9(8)13/h2-7,15H,13H2,1H3,(H,14,16). The predicted octanol–water partition coefficient (Wildman–Crippen LogP) is 1.70. The van der Waals surface area contributed by atoms with Gasteiger partial charge in [0.15, 0.2) is 5.15 Å². The molecule has 0 radical (unpaired) electrons. The largest absolute Gasteiger partial charge is 0.395 e. The first-order valence-corrected chi connectivity index (χ1v) is 5.40. The fraction of sp³-hybridized carbons (Fsp3) is 0.182. The number of hydrogen-bond acceptors (Lipinski definition) is 5. The van der Waals surface area contributed by atoms with Crippen LogP contribution in [0.5, 0.6) is 0 Å². The Balaban J connectivity index is 2.27. The highest BCUT2D eigenvalue weighted by atomic mass is 35.5. The van der Waals surface area contributed by atoms with Gasteiger partial charge in [-0.1, -0.05) is 17.7 Å². The van der Waals surface area contributed by atoms with E-state index in [2.05, 4.69) is 15.6 Å². The van der Waals surface area contributed by atoms with Gasteiger partial charge in [-0.05, 0) is 18.2 Å². The molecule has 1 aromatic heterocycles. The third kappa shape index (κ3) is 2.35. The van der Waals surface area contributed by atoms with Crippen LogP contribution in [0.2, 0.25) is 5.15 Å². The van der Waals surface area contributed by atoms with Crippen molar-refractivity contribution in [3.8, 4) is 0 Å². The first-order chi connectivity index (χ1) is 8.17. The molecule has 90 valence electrons. The minimum absolute atomic E-state index is 0.261. The number of pyridine rings is 1. The Labute approximate surface area is 104 Å². The van der Waals surface area contributed by atoms with Crippen LogP contribution in [0.1, 0.15) is 0 Å². The van der Waals surface area contributed by atoms with Gasteiger partial charge in [-0.15, -0.1) is 0 Å². The minimum Gasteiger partial charge on any atom is -0.395 e. The Morgan fingerprint density at radius 1 is 1.53 bits per heavy atom. The molecule has 5 nitrogen and oxygen atoms in total. The summed E-state index contributed by atoms with van der Waals surface area (Å²) in [5.41, 5.74) is 6.87. The van der Waals surface area contributed by atoms with Gasteiger partial charge in [0.05, 0.1) is 11.4 Å². The minimum atomic E-state index is -0.826. The summed E-state index contributed by atoms with van der Waals surface area (Å²) in [6, 6.07) is 1.73. The van der Waals surface area contributed by atoms with Crippen molar-refractivity contribution in [2.24, 2.45) is 0 Å². The number of aromatic nitrogens is 1. The van der Waals surface area contributed by atoms with E-state index in [1.54, 1.807) is 25.6 Å². The maximum atomic E-state index is 5.85. The molecule has 4 N–H and O–H groups in total. The van der Waals surface area contributed by atoms with E-state index in [0.717, 1.165) is 0 Å². The maximum absolute atomic E-state index is 5.85. The summed E-state index contributed by atoms with van der Waals surface area (Å²) in [6.45, 7) is 0. The zero-order valence-corrected chi connectivity index (χ0v) is 10.0. The number of hydrogen-bond donors (Lipinski definition) is 3. The van der Waals surface area contributed by atoms with E-state index in [9.17, 15) is 0 Å². The number of anilines is 2. The van der Waals surface area contributed by atoms with E-state index in [1.165, 1.54) is 0 Å². The van der Waals surface area contributed by atoms with E-state index >= 15 is 0 Å². The summed E-state index contributed by atoms with van der Waals surface area (Å²) in [4.78, 5) is 3.89. The molecule has 0 aromatic carbocycles. The number of methoxy groups -OCH3 is 1. The Morgan fingerprint density at radius 2 is 2.35 bits per heavy atom. The molecule has 6 heteroatoms. The number of rotatable bonds is 3. The molecule has 2 rings (SSSR count). The third-order valence-electron chi connectivity index (χ3n) is 2.42. The van der Waals surface area contributed by atoms with Crippen LogP contribution in [0.3, 0.4) is 0 Å². The van der Waals surface area contributed by atoms with Crippen molar-refractivity contribution in [2.75, 3.05) is 18.2 Å². The number of nitrogens with one attached hydrogen (secondary N) is 2. The van der Waals surface area contributed by atoms with Gasteiger partial charge in [0, 0.05) is 19.5 Å². The fourth-order valence-corrected chi connectivity index (χ4v) is 1.64. The number of dihydropyridines is 1. The van der Waals surface area contributed by atoms with Crippen LogP contribution >= 0.6 is 11.6 Å². The quantitative estimate of drug-likeness (QED) is 0.564. The molecule has 0 saturated heterocycles. The van der Waals surface area contributed by atoms with E-state index in [-0.39, 0.29) is 5.15 Å². The summed E-state index contributed by atoms with van der Waals surface area (Å²) in [7, 11) is 1.59. The lowest BCUT2D eigenvalue weighted by atomic mass is 10.2. The lowest BCUT2D eigenvalue weighted by Gasteiger charge is -2.33. The SMILES string of the molecule is COC1(Nc2ccnc(Cl)c2N)C=CC=CN1. The third-order valence-corrected chi connectivity index (χ3v) is 2.72. The first-order valence-electron chi connectivity index (χ1n) is 5.02. The molecule has 1 unspecified atom stereocenters. The normalized spacial score (nSPS) is 22.2. The predicted molar refractivity (Wildman–Crippen MR) is 68.4 cm³/mol. The van der Waals surface area contributed by atoms with Crippen molar-refractivity contribution in [3.05, 3.63) is 41.8 Å². The number of halogens is 1. The molecule has 2 heterocycles. The summed E-state index contributed by atoms with van der Waals surface area (Å²) in [6.07, 6.45) is 8.91. The first kappa shape index (κ1) is 11.8. The summed E-state index contributed by atoms with van der Waals surface area (Å²) < 4.78 is 5.40. The van der Waals surface area contributed by atoms with E-state index < -0.39 is 5.85 Å². The van der Waals surface area contributed by atoms with Gasteiger partial charge in [-0.2, -0.15) is 0 Å². The molecule has 0 aliphatic carbocycles. The highest BCUT2D eigenvalue weighted by Gasteiger charge is 2.27. The topological polar surface area (TPSA) is 72.2 Å². The lowest BCUT2D eigenvalue weighted by Crippen LogP contribution is -2.50. The second-order valence-electron chi connectivity index (χ2n) is 3.49. The zero-order chi connectivity index (χ0) is 12.3. The Hall–Kier alpha value is -1.72. The van der Waals surface area contributed by atoms with Gasteiger partial charge in [-0.3, -0.25) is 0 Å². The van der Waals surface area contributed by atoms with Crippen LogP contribution in [0, 0.1) is 0 Å². The van der Waals surface area contributed by atoms with E-state index in [1.807, 2.05) is 18.2 Å². The van der Waals surface area contributed by atoms with Crippen LogP contribution < -0.4 is 16.4 Å². The number of allylic oxidation sites excluding steroid dienone is 2. The van der Waals surface area contributed by atoms with Crippen molar-refractivity contribution in [1.82, 2.24) is 10.3 Å². The average molecular weight is 253 g/mol. The zero-order valence-electron chi connectivity index (χ0n) is 9.27. The number of nitrogens with two attached hydrogens (primary N) is 1. The molecular weight excluding hydrogens is 240 g/mol. The molecule has 1 aromatic rings. The van der Waals surface area contributed by atoms with Crippen LogP contribution in [0.4, 0.5) is 11.4 Å². The molecule has 1 aliphatic heterocycles. The molecule has 0 fully saturated rings. The Kier molecular flexibility index (Phi) is 3.21. The second-order valence-corrected chi connectivity index (χ2v) is 3.85. The Bertz CT molecular complexity index is 475. The highest BCUT2D eigenvalue weighted by molar-refractivity contribution is 6.32. The number of nitrogens with zero attached hydrogens (tertiary/aromatic N) is 1. The van der Waals surface area contributed by atoms with Gasteiger partial charge in [0.2, 0.25) is 5.85 Å². The van der Waals surface area contributed by atoms with Gasteiger partial charge < -0.3 is 21.1 Å². The van der Waals surface area contributed by atoms with Gasteiger partial charge >= 0.3 is 0 Å². The summed E-state index contributed by atoms with van der Waals surface area (Å²) in [5.74, 6) is -0.826. The summed E-state index contributed by atoms with van der Waals surface area (Å²) in [5, 5.41) is 6.45. The molecule has 0 saturated carbocycles. The van der Waals surface area contributed by atoms with Crippen LogP contribution in [-0.2, 0) is 4.74 Å². The van der Waals surface area contributed by atoms with Gasteiger partial charge in [0.1, 0.15) is 0 Å². The number of nitrogen functional groups attached to an aromatic ring is 1. The molecule has 1 aliphatic rings. The van der Waals surface area contributed by atoms with Crippen molar-refractivity contribution in [3.63, 3.8) is 0 Å². The van der Waals surface area contributed by atoms with Crippen molar-refractivity contribution in [2.45, 2.75) is 5.85 Å². The smallest absolute Gasteiger partial charge is 0.237 e. The molecule has 1 atom stereocenters. The molecule has 0 spiro atoms. The van der Waals surface area contributed by atoms with Crippen LogP contribution in [0.15, 0.2) is 36.7 Å². The molecule has 0 bridgehead atoms. The maximum Gasteiger partial charge on any atom is 0.237 e. The fourth-order valence-electron chi connectivity index (χ4n) is 1.48. The Morgan fingerprint density at radius 3 is 3.00 bits per heavy atom. The molecule has 17 heavy (non-hydrogen) atoms. The highest BCUT2D eigenvalue weighted by Crippen LogP contribution is 2.27. The second kappa shape index (κ2) is 4.65. The van der Waals surface area contributed by atoms with Gasteiger partial charge in [0.25, 0.3) is 0 Å². The molecule has 0 amide bonds. The van der Waals surface area contributed by atoms with Crippen molar-refractivity contribution >= 4 is 23.0 Å².